The largest absolute Gasteiger partial charge is 0.343 e. The number of fused-ring (bicyclic) bond motifs is 8. The minimum absolute atomic E-state index is 0.0128. The summed E-state index contributed by atoms with van der Waals surface area (Å²) in [5.74, 6) is 0. The van der Waals surface area contributed by atoms with Gasteiger partial charge >= 0.3 is 0 Å². The molecule has 7 rings (SSSR count). The highest BCUT2D eigenvalue weighted by Crippen LogP contribution is 2.30. The molecule has 0 aliphatic rings. The second kappa shape index (κ2) is 6.55. The molecule has 0 bridgehead atoms. The number of benzene rings is 5. The molecule has 4 nitrogen and oxygen atoms in total. The highest BCUT2D eigenvalue weighted by molar-refractivity contribution is 6.13. The summed E-state index contributed by atoms with van der Waals surface area (Å²) in [6, 6.07) is 27.8. The summed E-state index contributed by atoms with van der Waals surface area (Å²) in [5.41, 5.74) is 3.27. The van der Waals surface area contributed by atoms with E-state index < -0.39 is 0 Å². The molecule has 162 valence electrons. The molecule has 0 fully saturated rings. The van der Waals surface area contributed by atoms with Crippen LogP contribution < -0.4 is 10.9 Å². The van der Waals surface area contributed by atoms with Gasteiger partial charge in [0.05, 0.1) is 22.1 Å². The zero-order chi connectivity index (χ0) is 23.1. The van der Waals surface area contributed by atoms with Crippen LogP contribution in [0.25, 0.3) is 65.2 Å². The molecule has 0 saturated heterocycles. The molecule has 5 aromatic carbocycles. The molecule has 2 heterocycles. The van der Waals surface area contributed by atoms with Crippen molar-refractivity contribution >= 4 is 65.2 Å². The fourth-order valence-electron chi connectivity index (χ4n) is 5.63. The number of hydrogen-bond acceptors (Lipinski definition) is 2. The van der Waals surface area contributed by atoms with Crippen LogP contribution in [-0.2, 0) is 14.1 Å². The van der Waals surface area contributed by atoms with Crippen molar-refractivity contribution < 1.29 is 0 Å². The van der Waals surface area contributed by atoms with Gasteiger partial charge in [-0.1, -0.05) is 60.7 Å². The van der Waals surface area contributed by atoms with Crippen molar-refractivity contribution in [2.45, 2.75) is 0 Å². The highest BCUT2D eigenvalue weighted by atomic mass is 16.1. The van der Waals surface area contributed by atoms with E-state index in [2.05, 4.69) is 21.3 Å². The molecule has 0 aliphatic heterocycles. The Hall–Kier alpha value is -4.44. The molecule has 0 aliphatic carbocycles. The van der Waals surface area contributed by atoms with Crippen LogP contribution in [0, 0.1) is 0 Å². The average Bonchev–Trinajstić information content (AvgIpc) is 2.88. The molecular formula is C30H20N2O2. The van der Waals surface area contributed by atoms with Gasteiger partial charge in [0.2, 0.25) is 0 Å². The molecule has 0 atom stereocenters. The predicted octanol–water partition coefficient (Wildman–Crippen LogP) is 6.00. The molecular weight excluding hydrogens is 420 g/mol. The Morgan fingerprint density at radius 2 is 0.882 bits per heavy atom. The summed E-state index contributed by atoms with van der Waals surface area (Å²) in [5, 5.41) is 6.82. The molecule has 0 N–H and O–H groups in total. The molecule has 0 saturated carbocycles. The monoisotopic (exact) mass is 440 g/mol. The van der Waals surface area contributed by atoms with E-state index in [4.69, 9.17) is 0 Å². The van der Waals surface area contributed by atoms with Crippen molar-refractivity contribution in [1.82, 2.24) is 9.13 Å². The Balaban J connectivity index is 1.74. The summed E-state index contributed by atoms with van der Waals surface area (Å²) in [6.45, 7) is 0. The smallest absolute Gasteiger partial charge is 0.197 e. The lowest BCUT2D eigenvalue weighted by Crippen LogP contribution is -2.13. The lowest BCUT2D eigenvalue weighted by atomic mass is 10.00. The van der Waals surface area contributed by atoms with Gasteiger partial charge in [-0.3, -0.25) is 9.59 Å². The average molecular weight is 441 g/mol. The van der Waals surface area contributed by atoms with Crippen molar-refractivity contribution in [3.63, 3.8) is 0 Å². The summed E-state index contributed by atoms with van der Waals surface area (Å²) >= 11 is 0. The second-order valence-corrected chi connectivity index (χ2v) is 9.03. The maximum atomic E-state index is 13.7. The standard InChI is InChI=1S/C30H20N2O2/c1-31-25-15-24-26(32(2)28-20-10-6-4-8-18(20)12-14-22(28)30(24)34)16-23(25)29(33)21-13-11-17-7-3-5-9-19(17)27(21)31/h3-16H,1-2H3. The topological polar surface area (TPSA) is 44.0 Å². The first kappa shape index (κ1) is 19.1. The number of nitrogens with zero attached hydrogens (tertiary/aromatic N) is 2. The molecule has 7 aromatic rings. The van der Waals surface area contributed by atoms with Gasteiger partial charge in [-0.05, 0) is 35.0 Å². The van der Waals surface area contributed by atoms with Crippen molar-refractivity contribution in [2.24, 2.45) is 14.1 Å². The van der Waals surface area contributed by atoms with Crippen LogP contribution in [0.4, 0.5) is 0 Å². The van der Waals surface area contributed by atoms with E-state index in [1.165, 1.54) is 0 Å². The Labute approximate surface area is 193 Å². The van der Waals surface area contributed by atoms with E-state index in [1.807, 2.05) is 86.9 Å². The number of rotatable bonds is 0. The Morgan fingerprint density at radius 3 is 1.32 bits per heavy atom. The van der Waals surface area contributed by atoms with Crippen LogP contribution in [0.2, 0.25) is 0 Å². The first-order valence-electron chi connectivity index (χ1n) is 11.3. The van der Waals surface area contributed by atoms with Crippen molar-refractivity contribution in [3.8, 4) is 0 Å². The van der Waals surface area contributed by atoms with E-state index in [0.717, 1.165) is 43.6 Å². The predicted molar refractivity (Wildman–Crippen MR) is 142 cm³/mol. The van der Waals surface area contributed by atoms with E-state index >= 15 is 0 Å². The van der Waals surface area contributed by atoms with Gasteiger partial charge < -0.3 is 9.13 Å². The van der Waals surface area contributed by atoms with Crippen LogP contribution in [0.1, 0.15) is 0 Å². The third-order valence-electron chi connectivity index (χ3n) is 7.29. The van der Waals surface area contributed by atoms with Gasteiger partial charge in [-0.15, -0.1) is 0 Å². The van der Waals surface area contributed by atoms with E-state index in [-0.39, 0.29) is 10.9 Å². The lowest BCUT2D eigenvalue weighted by molar-refractivity contribution is 0.998. The van der Waals surface area contributed by atoms with Crippen molar-refractivity contribution in [3.05, 3.63) is 105 Å². The van der Waals surface area contributed by atoms with Crippen molar-refractivity contribution in [2.75, 3.05) is 0 Å². The highest BCUT2D eigenvalue weighted by Gasteiger charge is 2.17. The maximum Gasteiger partial charge on any atom is 0.197 e. The van der Waals surface area contributed by atoms with Gasteiger partial charge in [-0.25, -0.2) is 0 Å². The third kappa shape index (κ3) is 2.32. The van der Waals surface area contributed by atoms with E-state index in [9.17, 15) is 9.59 Å². The Kier molecular flexibility index (Phi) is 3.67. The van der Waals surface area contributed by atoms with E-state index in [1.54, 1.807) is 0 Å². The fourth-order valence-corrected chi connectivity index (χ4v) is 5.63. The van der Waals surface area contributed by atoms with Gasteiger partial charge in [0.1, 0.15) is 0 Å². The lowest BCUT2D eigenvalue weighted by Gasteiger charge is -2.16. The molecule has 0 spiro atoms. The zero-order valence-corrected chi connectivity index (χ0v) is 18.8. The van der Waals surface area contributed by atoms with Crippen LogP contribution in [0.15, 0.2) is 94.5 Å². The Morgan fingerprint density at radius 1 is 0.471 bits per heavy atom. The first-order chi connectivity index (χ1) is 16.5. The maximum absolute atomic E-state index is 13.7. The number of aromatic nitrogens is 2. The minimum atomic E-state index is -0.0128. The quantitative estimate of drug-likeness (QED) is 0.214. The first-order valence-corrected chi connectivity index (χ1v) is 11.3. The summed E-state index contributed by atoms with van der Waals surface area (Å²) in [4.78, 5) is 27.4. The molecule has 0 radical (unpaired) electrons. The van der Waals surface area contributed by atoms with Crippen LogP contribution in [0.3, 0.4) is 0 Å². The van der Waals surface area contributed by atoms with Crippen LogP contribution >= 0.6 is 0 Å². The number of aryl methyl sites for hydroxylation is 2. The second-order valence-electron chi connectivity index (χ2n) is 9.03. The van der Waals surface area contributed by atoms with Gasteiger partial charge in [0.15, 0.2) is 10.9 Å². The Bertz CT molecular complexity index is 1980. The summed E-state index contributed by atoms with van der Waals surface area (Å²) < 4.78 is 4.11. The van der Waals surface area contributed by atoms with Gasteiger partial charge in [-0.2, -0.15) is 0 Å². The SMILES string of the molecule is Cn1c2cc3c(=O)c4ccc5ccccc5c4n(C)c3cc2c(=O)c2ccc3ccccc3c21. The number of hydrogen-bond donors (Lipinski definition) is 0. The molecule has 2 aromatic heterocycles. The van der Waals surface area contributed by atoms with Crippen LogP contribution in [0.5, 0.6) is 0 Å². The van der Waals surface area contributed by atoms with E-state index in [0.29, 0.717) is 21.5 Å². The summed E-state index contributed by atoms with van der Waals surface area (Å²) in [6.07, 6.45) is 0. The number of pyridine rings is 2. The molecule has 0 amide bonds. The molecule has 4 heteroatoms. The van der Waals surface area contributed by atoms with Gasteiger partial charge in [0, 0.05) is 46.4 Å². The van der Waals surface area contributed by atoms with Crippen LogP contribution in [-0.4, -0.2) is 9.13 Å². The summed E-state index contributed by atoms with van der Waals surface area (Å²) in [7, 11) is 3.95. The van der Waals surface area contributed by atoms with Crippen molar-refractivity contribution in [1.29, 1.82) is 0 Å². The third-order valence-corrected chi connectivity index (χ3v) is 7.29. The van der Waals surface area contributed by atoms with Gasteiger partial charge in [0.25, 0.3) is 0 Å². The normalized spacial score (nSPS) is 12.1. The minimum Gasteiger partial charge on any atom is -0.343 e. The molecule has 34 heavy (non-hydrogen) atoms. The zero-order valence-electron chi connectivity index (χ0n) is 18.8. The molecule has 0 unspecified atom stereocenters. The fraction of sp³-hybridized carbons (Fsp3) is 0.0667.